The average Bonchev–Trinajstić information content (AvgIpc) is 3.53. The predicted molar refractivity (Wildman–Crippen MR) is 170 cm³/mol. The molecule has 0 fully saturated rings. The van der Waals surface area contributed by atoms with Gasteiger partial charge in [0.25, 0.3) is 0 Å². The summed E-state index contributed by atoms with van der Waals surface area (Å²) in [5.41, 5.74) is 2.60. The lowest BCUT2D eigenvalue weighted by molar-refractivity contribution is -0.141. The van der Waals surface area contributed by atoms with E-state index < -0.39 is 35.4 Å². The molecule has 12 nitrogen and oxygen atoms in total. The molecule has 0 aliphatic carbocycles. The van der Waals surface area contributed by atoms with Crippen molar-refractivity contribution in [1.29, 1.82) is 0 Å². The Hall–Kier alpha value is -4.39. The summed E-state index contributed by atoms with van der Waals surface area (Å²) in [6.45, 7) is 1.85. The van der Waals surface area contributed by atoms with Gasteiger partial charge in [-0.3, -0.25) is 24.2 Å². The number of esters is 5. The SMILES string of the molecule is COC(=O)CCC1=C(CC(=O)OC)C(C)(Cc2[nH]c(C(=O)OCc3ccccc3)c(CCC(=O)OC)c2CC(=O)OC)N=C1SC. The summed E-state index contributed by atoms with van der Waals surface area (Å²) in [5, 5.41) is 0.653. The van der Waals surface area contributed by atoms with Crippen molar-refractivity contribution in [3.8, 4) is 0 Å². The molecule has 0 saturated heterocycles. The molecule has 1 unspecified atom stereocenters. The van der Waals surface area contributed by atoms with E-state index in [1.165, 1.54) is 40.2 Å². The normalized spacial score (nSPS) is 15.7. The first-order valence-corrected chi connectivity index (χ1v) is 15.8. The molecular weight excluding hydrogens is 616 g/mol. The molecule has 3 rings (SSSR count). The van der Waals surface area contributed by atoms with Crippen LogP contribution in [0.5, 0.6) is 0 Å². The number of benzene rings is 1. The van der Waals surface area contributed by atoms with Crippen LogP contribution in [0, 0.1) is 0 Å². The fraction of sp³-hybridized carbons (Fsp3) is 0.455. The van der Waals surface area contributed by atoms with Crippen LogP contribution in [0.4, 0.5) is 0 Å². The van der Waals surface area contributed by atoms with E-state index in [9.17, 15) is 24.0 Å². The van der Waals surface area contributed by atoms with Crippen LogP contribution in [-0.2, 0) is 68.7 Å². The van der Waals surface area contributed by atoms with Crippen LogP contribution < -0.4 is 0 Å². The van der Waals surface area contributed by atoms with E-state index in [-0.39, 0.29) is 57.2 Å². The molecule has 0 radical (unpaired) electrons. The zero-order valence-electron chi connectivity index (χ0n) is 27.0. The summed E-state index contributed by atoms with van der Waals surface area (Å²) in [7, 11) is 5.13. The summed E-state index contributed by atoms with van der Waals surface area (Å²) in [4.78, 5) is 71.2. The van der Waals surface area contributed by atoms with Crippen molar-refractivity contribution >= 4 is 46.7 Å². The number of rotatable bonds is 15. The molecular formula is C33H40N2O10S. The number of nitrogens with zero attached hydrogens (tertiary/aromatic N) is 1. The second-order valence-electron chi connectivity index (χ2n) is 10.7. The van der Waals surface area contributed by atoms with E-state index >= 15 is 0 Å². The molecule has 1 N–H and O–H groups in total. The number of ether oxygens (including phenoxy) is 5. The van der Waals surface area contributed by atoms with Gasteiger partial charge in [0.1, 0.15) is 12.3 Å². The Balaban J connectivity index is 2.14. The molecule has 13 heteroatoms. The highest BCUT2D eigenvalue weighted by molar-refractivity contribution is 8.13. The molecule has 1 aromatic carbocycles. The minimum Gasteiger partial charge on any atom is -0.469 e. The van der Waals surface area contributed by atoms with Gasteiger partial charge in [0.2, 0.25) is 0 Å². The third-order valence-corrected chi connectivity index (χ3v) is 8.49. The Morgan fingerprint density at radius 1 is 0.804 bits per heavy atom. The maximum absolute atomic E-state index is 13.5. The minimum absolute atomic E-state index is 0.00542. The fourth-order valence-electron chi connectivity index (χ4n) is 5.36. The van der Waals surface area contributed by atoms with Gasteiger partial charge in [-0.2, -0.15) is 0 Å². The second-order valence-corrected chi connectivity index (χ2v) is 11.5. The van der Waals surface area contributed by atoms with Crippen LogP contribution in [0.3, 0.4) is 0 Å². The van der Waals surface area contributed by atoms with Crippen molar-refractivity contribution in [2.24, 2.45) is 4.99 Å². The lowest BCUT2D eigenvalue weighted by Gasteiger charge is -2.26. The van der Waals surface area contributed by atoms with Gasteiger partial charge in [0, 0.05) is 25.0 Å². The molecule has 1 atom stereocenters. The van der Waals surface area contributed by atoms with Crippen LogP contribution in [0.15, 0.2) is 46.5 Å². The molecule has 0 bridgehead atoms. The minimum atomic E-state index is -1.03. The highest BCUT2D eigenvalue weighted by Crippen LogP contribution is 2.42. The van der Waals surface area contributed by atoms with Crippen LogP contribution in [0.1, 0.15) is 65.5 Å². The Bertz CT molecular complexity index is 1510. The number of aliphatic imine (C=N–C) groups is 1. The number of hydrogen-bond donors (Lipinski definition) is 1. The monoisotopic (exact) mass is 656 g/mol. The van der Waals surface area contributed by atoms with E-state index in [1.54, 1.807) is 0 Å². The summed E-state index contributed by atoms with van der Waals surface area (Å²) in [5.74, 6) is -2.61. The Kier molecular flexibility index (Phi) is 13.2. The number of nitrogens with one attached hydrogen (secondary N) is 1. The Labute approximate surface area is 272 Å². The largest absolute Gasteiger partial charge is 0.469 e. The molecule has 248 valence electrons. The molecule has 0 amide bonds. The van der Waals surface area contributed by atoms with E-state index in [2.05, 4.69) is 4.98 Å². The smallest absolute Gasteiger partial charge is 0.355 e. The van der Waals surface area contributed by atoms with E-state index in [0.717, 1.165) is 11.1 Å². The number of carbonyl (C=O) groups excluding carboxylic acids is 5. The Morgan fingerprint density at radius 2 is 1.39 bits per heavy atom. The molecule has 1 aromatic heterocycles. The topological polar surface area (TPSA) is 160 Å². The Morgan fingerprint density at radius 3 is 1.98 bits per heavy atom. The quantitative estimate of drug-likeness (QED) is 0.217. The standard InChI is InChI=1S/C33H40N2O10S/c1-33(24(17-29(39)44-5)22(31(35-33)46-6)13-15-27(37)42-3)18-25-23(16-28(38)43-4)21(12-14-26(36)41-2)30(34-25)32(40)45-19-20-10-8-7-9-11-20/h7-11,34H,12-19H2,1-6H3. The number of methoxy groups -OCH3 is 4. The molecule has 2 heterocycles. The van der Waals surface area contributed by atoms with Gasteiger partial charge in [-0.25, -0.2) is 4.79 Å². The molecule has 0 spiro atoms. The van der Waals surface area contributed by atoms with Crippen LogP contribution in [-0.4, -0.2) is 80.1 Å². The van der Waals surface area contributed by atoms with Crippen molar-refractivity contribution in [3.05, 3.63) is 69.6 Å². The van der Waals surface area contributed by atoms with E-state index in [1.807, 2.05) is 43.5 Å². The first kappa shape index (κ1) is 36.1. The molecule has 0 saturated carbocycles. The number of carbonyl (C=O) groups is 5. The van der Waals surface area contributed by atoms with E-state index in [0.29, 0.717) is 27.4 Å². The van der Waals surface area contributed by atoms with Crippen molar-refractivity contribution < 1.29 is 47.7 Å². The highest BCUT2D eigenvalue weighted by atomic mass is 32.2. The van der Waals surface area contributed by atoms with Crippen LogP contribution in [0.25, 0.3) is 0 Å². The summed E-state index contributed by atoms with van der Waals surface area (Å²) in [6, 6.07) is 9.16. The lowest BCUT2D eigenvalue weighted by atomic mass is 9.83. The molecule has 1 aliphatic rings. The molecule has 46 heavy (non-hydrogen) atoms. The predicted octanol–water partition coefficient (Wildman–Crippen LogP) is 4.08. The summed E-state index contributed by atoms with van der Waals surface area (Å²) in [6.07, 6.45) is 2.08. The number of hydrogen-bond acceptors (Lipinski definition) is 12. The maximum atomic E-state index is 13.5. The van der Waals surface area contributed by atoms with Gasteiger partial charge in [-0.1, -0.05) is 30.3 Å². The number of H-pyrrole nitrogens is 1. The van der Waals surface area contributed by atoms with Gasteiger partial charge >= 0.3 is 29.8 Å². The van der Waals surface area contributed by atoms with Gasteiger partial charge in [-0.05, 0) is 53.9 Å². The van der Waals surface area contributed by atoms with E-state index in [4.69, 9.17) is 28.7 Å². The fourth-order valence-corrected chi connectivity index (χ4v) is 6.13. The third kappa shape index (κ3) is 9.09. The van der Waals surface area contributed by atoms with Crippen LogP contribution in [0.2, 0.25) is 0 Å². The zero-order chi connectivity index (χ0) is 33.9. The highest BCUT2D eigenvalue weighted by Gasteiger charge is 2.41. The van der Waals surface area contributed by atoms with Crippen molar-refractivity contribution in [2.75, 3.05) is 34.7 Å². The first-order valence-electron chi connectivity index (χ1n) is 14.6. The number of aromatic nitrogens is 1. The number of aromatic amines is 1. The number of thioether (sulfide) groups is 1. The lowest BCUT2D eigenvalue weighted by Crippen LogP contribution is -2.29. The van der Waals surface area contributed by atoms with Crippen LogP contribution >= 0.6 is 11.8 Å². The second kappa shape index (κ2) is 16.8. The summed E-state index contributed by atoms with van der Waals surface area (Å²) < 4.78 is 25.3. The van der Waals surface area contributed by atoms with Gasteiger partial charge in [0.15, 0.2) is 0 Å². The van der Waals surface area contributed by atoms with Crippen molar-refractivity contribution in [2.45, 2.75) is 64.0 Å². The van der Waals surface area contributed by atoms with Crippen molar-refractivity contribution in [3.63, 3.8) is 0 Å². The van der Waals surface area contributed by atoms with Crippen molar-refractivity contribution in [1.82, 2.24) is 4.98 Å². The average molecular weight is 657 g/mol. The molecule has 1 aliphatic heterocycles. The van der Waals surface area contributed by atoms with Gasteiger partial charge < -0.3 is 28.7 Å². The summed E-state index contributed by atoms with van der Waals surface area (Å²) >= 11 is 1.38. The van der Waals surface area contributed by atoms with Gasteiger partial charge in [-0.15, -0.1) is 11.8 Å². The zero-order valence-corrected chi connectivity index (χ0v) is 27.8. The first-order chi connectivity index (χ1) is 22.0. The maximum Gasteiger partial charge on any atom is 0.355 e. The molecule has 2 aromatic rings. The van der Waals surface area contributed by atoms with Gasteiger partial charge in [0.05, 0.1) is 51.9 Å². The third-order valence-electron chi connectivity index (χ3n) is 7.77.